The van der Waals surface area contributed by atoms with Gasteiger partial charge in [-0.3, -0.25) is 4.57 Å². The summed E-state index contributed by atoms with van der Waals surface area (Å²) in [5, 5.41) is 9.72. The van der Waals surface area contributed by atoms with E-state index in [0.717, 1.165) is 6.42 Å². The molecule has 9 heteroatoms. The molecular formula is C20H21FN6O2. The third-order valence-corrected chi connectivity index (χ3v) is 4.91. The molecule has 2 aromatic carbocycles. The lowest BCUT2D eigenvalue weighted by atomic mass is 10.2. The van der Waals surface area contributed by atoms with Crippen molar-refractivity contribution in [2.75, 3.05) is 23.3 Å². The van der Waals surface area contributed by atoms with Crippen LogP contribution in [0.25, 0.3) is 5.69 Å². The minimum atomic E-state index is -0.326. The van der Waals surface area contributed by atoms with Gasteiger partial charge in [-0.25, -0.2) is 14.0 Å². The van der Waals surface area contributed by atoms with E-state index >= 15 is 0 Å². The van der Waals surface area contributed by atoms with Crippen LogP contribution >= 0.6 is 0 Å². The third-order valence-electron chi connectivity index (χ3n) is 4.91. The maximum atomic E-state index is 13.9. The van der Waals surface area contributed by atoms with Gasteiger partial charge in [0.1, 0.15) is 12.1 Å². The molecule has 3 aromatic rings. The second-order valence-electron chi connectivity index (χ2n) is 6.96. The van der Waals surface area contributed by atoms with Crippen LogP contribution in [0.15, 0.2) is 59.7 Å². The predicted molar refractivity (Wildman–Crippen MR) is 108 cm³/mol. The summed E-state index contributed by atoms with van der Waals surface area (Å²) in [6.07, 6.45) is 2.18. The van der Waals surface area contributed by atoms with Gasteiger partial charge in [0.25, 0.3) is 0 Å². The lowest BCUT2D eigenvalue weighted by molar-refractivity contribution is 0.249. The zero-order valence-electron chi connectivity index (χ0n) is 15.9. The Balaban J connectivity index is 1.34. The van der Waals surface area contributed by atoms with Crippen molar-refractivity contribution in [3.05, 3.63) is 71.2 Å². The second-order valence-corrected chi connectivity index (χ2v) is 6.96. The van der Waals surface area contributed by atoms with Crippen LogP contribution in [0.2, 0.25) is 0 Å². The molecule has 1 fully saturated rings. The average Bonchev–Trinajstić information content (AvgIpc) is 3.30. The number of rotatable bonds is 4. The van der Waals surface area contributed by atoms with Crippen molar-refractivity contribution < 1.29 is 9.18 Å². The number of urea groups is 1. The summed E-state index contributed by atoms with van der Waals surface area (Å²) in [4.78, 5) is 26.2. The molecule has 8 nitrogen and oxygen atoms in total. The number of aromatic nitrogens is 3. The molecule has 1 saturated heterocycles. The predicted octanol–water partition coefficient (Wildman–Crippen LogP) is 2.11. The first-order valence-corrected chi connectivity index (χ1v) is 9.29. The van der Waals surface area contributed by atoms with Crippen LogP contribution in [-0.2, 0) is 7.05 Å². The molecule has 0 spiro atoms. The van der Waals surface area contributed by atoms with Crippen LogP contribution in [0.5, 0.6) is 0 Å². The Labute approximate surface area is 166 Å². The molecule has 2 amide bonds. The monoisotopic (exact) mass is 396 g/mol. The Hall–Kier alpha value is -3.62. The van der Waals surface area contributed by atoms with Crippen LogP contribution in [0.3, 0.4) is 0 Å². The van der Waals surface area contributed by atoms with E-state index < -0.39 is 0 Å². The summed E-state index contributed by atoms with van der Waals surface area (Å²) in [5.41, 5.74) is 1.51. The number of carbonyl (C=O) groups excluding carboxylic acids is 1. The van der Waals surface area contributed by atoms with Crippen LogP contribution in [0.1, 0.15) is 6.42 Å². The van der Waals surface area contributed by atoms with Gasteiger partial charge in [0.05, 0.1) is 11.4 Å². The Bertz CT molecular complexity index is 1080. The van der Waals surface area contributed by atoms with Crippen LogP contribution < -0.4 is 21.2 Å². The smallest absolute Gasteiger partial charge is 0.350 e. The van der Waals surface area contributed by atoms with Crippen LogP contribution in [0.4, 0.5) is 20.6 Å². The normalized spacial score (nSPS) is 16.1. The number of hydrogen-bond acceptors (Lipinski definition) is 4. The molecule has 0 bridgehead atoms. The zero-order valence-corrected chi connectivity index (χ0v) is 15.9. The van der Waals surface area contributed by atoms with Gasteiger partial charge in [-0.05, 0) is 42.8 Å². The van der Waals surface area contributed by atoms with E-state index in [9.17, 15) is 14.0 Å². The first-order valence-electron chi connectivity index (χ1n) is 9.29. The molecule has 1 unspecified atom stereocenters. The van der Waals surface area contributed by atoms with Gasteiger partial charge in [0, 0.05) is 31.9 Å². The SMILES string of the molecule is Cn1cnn(-c2ccc(NC(=O)NC3CCN(c4ccccc4F)C3)cc2)c1=O. The largest absolute Gasteiger partial charge is 0.367 e. The molecule has 4 rings (SSSR count). The Morgan fingerprint density at radius 1 is 1.17 bits per heavy atom. The highest BCUT2D eigenvalue weighted by atomic mass is 19.1. The first kappa shape index (κ1) is 18.7. The number of halogens is 1. The van der Waals surface area contributed by atoms with Crippen molar-refractivity contribution in [3.8, 4) is 5.69 Å². The summed E-state index contributed by atoms with van der Waals surface area (Å²) >= 11 is 0. The Kier molecular flexibility index (Phi) is 5.03. The zero-order chi connectivity index (χ0) is 20.4. The standard InChI is InChI=1S/C20H21FN6O2/c1-25-13-22-27(20(25)29)16-8-6-14(7-9-16)23-19(28)24-15-10-11-26(12-15)18-5-3-2-4-17(18)21/h2-9,13,15H,10-12H2,1H3,(H2,23,24,28). The van der Waals surface area contributed by atoms with Gasteiger partial charge < -0.3 is 15.5 Å². The Morgan fingerprint density at radius 2 is 1.93 bits per heavy atom. The molecule has 29 heavy (non-hydrogen) atoms. The van der Waals surface area contributed by atoms with Gasteiger partial charge in [-0.2, -0.15) is 9.78 Å². The lowest BCUT2D eigenvalue weighted by Gasteiger charge is -2.19. The fraction of sp³-hybridized carbons (Fsp3) is 0.250. The van der Waals surface area contributed by atoms with Crippen LogP contribution in [-0.4, -0.2) is 39.5 Å². The number of nitrogens with zero attached hydrogens (tertiary/aromatic N) is 4. The first-order chi connectivity index (χ1) is 14.0. The summed E-state index contributed by atoms with van der Waals surface area (Å²) in [6, 6.07) is 13.1. The fourth-order valence-corrected chi connectivity index (χ4v) is 3.40. The van der Waals surface area contributed by atoms with Gasteiger partial charge in [-0.1, -0.05) is 12.1 Å². The number of anilines is 2. The highest BCUT2D eigenvalue weighted by Crippen LogP contribution is 2.23. The number of para-hydroxylation sites is 1. The molecule has 2 heterocycles. The maximum absolute atomic E-state index is 13.9. The van der Waals surface area contributed by atoms with Crippen molar-refractivity contribution in [2.24, 2.45) is 7.05 Å². The highest BCUT2D eigenvalue weighted by Gasteiger charge is 2.25. The van der Waals surface area contributed by atoms with Gasteiger partial charge >= 0.3 is 11.7 Å². The lowest BCUT2D eigenvalue weighted by Crippen LogP contribution is -2.39. The number of nitrogens with one attached hydrogen (secondary N) is 2. The third kappa shape index (κ3) is 3.98. The van der Waals surface area contributed by atoms with Crippen molar-refractivity contribution in [1.82, 2.24) is 19.7 Å². The van der Waals surface area contributed by atoms with Crippen LogP contribution in [0, 0.1) is 5.82 Å². The molecule has 0 saturated carbocycles. The van der Waals surface area contributed by atoms with E-state index in [4.69, 9.17) is 0 Å². The molecular weight excluding hydrogens is 375 g/mol. The number of carbonyl (C=O) groups is 1. The topological polar surface area (TPSA) is 84.2 Å². The van der Waals surface area contributed by atoms with Crippen molar-refractivity contribution in [3.63, 3.8) is 0 Å². The minimum Gasteiger partial charge on any atom is -0.367 e. The molecule has 2 N–H and O–H groups in total. The number of amides is 2. The van der Waals surface area contributed by atoms with Gasteiger partial charge in [-0.15, -0.1) is 0 Å². The molecule has 1 atom stereocenters. The molecule has 1 aromatic heterocycles. The van der Waals surface area contributed by atoms with Crippen molar-refractivity contribution >= 4 is 17.4 Å². The van der Waals surface area contributed by atoms with Gasteiger partial charge in [0.2, 0.25) is 0 Å². The van der Waals surface area contributed by atoms with Crippen molar-refractivity contribution in [1.29, 1.82) is 0 Å². The van der Waals surface area contributed by atoms with E-state index in [1.807, 2.05) is 4.90 Å². The van der Waals surface area contributed by atoms with E-state index in [0.29, 0.717) is 30.2 Å². The molecule has 1 aliphatic heterocycles. The van der Waals surface area contributed by atoms with Crippen molar-refractivity contribution in [2.45, 2.75) is 12.5 Å². The summed E-state index contributed by atoms with van der Waals surface area (Å²) < 4.78 is 16.6. The van der Waals surface area contributed by atoms with Gasteiger partial charge in [0.15, 0.2) is 0 Å². The maximum Gasteiger partial charge on any atom is 0.350 e. The number of benzene rings is 2. The quantitative estimate of drug-likeness (QED) is 0.708. The fourth-order valence-electron chi connectivity index (χ4n) is 3.40. The average molecular weight is 396 g/mol. The number of aryl methyl sites for hydroxylation is 1. The summed E-state index contributed by atoms with van der Waals surface area (Å²) in [6.45, 7) is 1.23. The minimum absolute atomic E-state index is 0.0685. The number of hydrogen-bond donors (Lipinski definition) is 2. The highest BCUT2D eigenvalue weighted by molar-refractivity contribution is 5.89. The van der Waals surface area contributed by atoms with E-state index in [-0.39, 0.29) is 23.6 Å². The second kappa shape index (κ2) is 7.78. The van der Waals surface area contributed by atoms with E-state index in [2.05, 4.69) is 15.7 Å². The molecule has 0 radical (unpaired) electrons. The van der Waals surface area contributed by atoms with E-state index in [1.165, 1.54) is 21.6 Å². The summed E-state index contributed by atoms with van der Waals surface area (Å²) in [7, 11) is 1.63. The molecule has 150 valence electrons. The Morgan fingerprint density at radius 3 is 2.62 bits per heavy atom. The molecule has 0 aliphatic carbocycles. The summed E-state index contributed by atoms with van der Waals surface area (Å²) in [5.74, 6) is -0.260. The van der Waals surface area contributed by atoms with E-state index in [1.54, 1.807) is 49.5 Å². The molecule has 1 aliphatic rings.